The highest BCUT2D eigenvalue weighted by molar-refractivity contribution is 4.90. The fourth-order valence-electron chi connectivity index (χ4n) is 2.83. The summed E-state index contributed by atoms with van der Waals surface area (Å²) >= 11 is 0. The Hall–Kier alpha value is -0.520. The third kappa shape index (κ3) is 5.89. The van der Waals surface area contributed by atoms with E-state index in [1.54, 1.807) is 0 Å². The number of rotatable bonds is 8. The second-order valence-corrected chi connectivity index (χ2v) is 5.55. The molecule has 1 saturated heterocycles. The molecule has 2 nitrogen and oxygen atoms in total. The molecule has 0 bridgehead atoms. The van der Waals surface area contributed by atoms with Crippen molar-refractivity contribution >= 4 is 0 Å². The first-order valence-corrected chi connectivity index (χ1v) is 7.72. The van der Waals surface area contributed by atoms with E-state index >= 15 is 0 Å². The van der Waals surface area contributed by atoms with Gasteiger partial charge in [0.25, 0.3) is 0 Å². The van der Waals surface area contributed by atoms with Crippen LogP contribution in [0.2, 0.25) is 0 Å². The molecule has 0 aliphatic carbocycles. The number of hydrogen-bond donors (Lipinski definition) is 1. The van der Waals surface area contributed by atoms with Crippen molar-refractivity contribution in [3.05, 3.63) is 0 Å². The second kappa shape index (κ2) is 9.42. The van der Waals surface area contributed by atoms with Crippen molar-refractivity contribution in [1.29, 1.82) is 0 Å². The van der Waals surface area contributed by atoms with Crippen LogP contribution in [0, 0.1) is 12.3 Å². The summed E-state index contributed by atoms with van der Waals surface area (Å²) in [5, 5.41) is 3.88. The largest absolute Gasteiger partial charge is 0.311 e. The van der Waals surface area contributed by atoms with Crippen molar-refractivity contribution in [1.82, 2.24) is 10.2 Å². The maximum absolute atomic E-state index is 5.36. The van der Waals surface area contributed by atoms with Crippen molar-refractivity contribution in [3.63, 3.8) is 0 Å². The third-order valence-electron chi connectivity index (χ3n) is 3.92. The summed E-state index contributed by atoms with van der Waals surface area (Å²) in [6.07, 6.45) is 14.5. The molecule has 18 heavy (non-hydrogen) atoms. The molecule has 0 amide bonds. The lowest BCUT2D eigenvalue weighted by Gasteiger charge is -2.33. The van der Waals surface area contributed by atoms with Gasteiger partial charge in [-0.1, -0.05) is 39.0 Å². The van der Waals surface area contributed by atoms with Crippen molar-refractivity contribution in [2.75, 3.05) is 19.6 Å². The van der Waals surface area contributed by atoms with E-state index in [4.69, 9.17) is 6.42 Å². The Morgan fingerprint density at radius 3 is 2.50 bits per heavy atom. The maximum Gasteiger partial charge on any atom is 0.0598 e. The molecule has 1 N–H and O–H groups in total. The van der Waals surface area contributed by atoms with E-state index in [1.807, 2.05) is 0 Å². The highest BCUT2D eigenvalue weighted by atomic mass is 15.1. The van der Waals surface area contributed by atoms with Crippen molar-refractivity contribution in [2.24, 2.45) is 0 Å². The van der Waals surface area contributed by atoms with Gasteiger partial charge in [-0.3, -0.25) is 4.90 Å². The molecular weight excluding hydrogens is 220 g/mol. The monoisotopic (exact) mass is 250 g/mol. The standard InChI is InChI=1S/C16H30N2/c1-4-7-9-15(8-5-2)17-16-10-13-18(12-6-3)14-11-16/h3,15-17H,4-5,7-14H2,1-2H3. The number of piperidine rings is 1. The van der Waals surface area contributed by atoms with Gasteiger partial charge in [0.1, 0.15) is 0 Å². The molecule has 1 unspecified atom stereocenters. The Bertz CT molecular complexity index is 236. The Balaban J connectivity index is 2.26. The molecule has 0 aromatic rings. The second-order valence-electron chi connectivity index (χ2n) is 5.55. The molecule has 1 atom stereocenters. The van der Waals surface area contributed by atoms with Crippen molar-refractivity contribution in [2.45, 2.75) is 70.9 Å². The Kier molecular flexibility index (Phi) is 8.13. The summed E-state index contributed by atoms with van der Waals surface area (Å²) in [6.45, 7) is 7.71. The molecule has 104 valence electrons. The molecule has 0 saturated carbocycles. The van der Waals surface area contributed by atoms with Gasteiger partial charge < -0.3 is 5.32 Å². The van der Waals surface area contributed by atoms with E-state index in [1.165, 1.54) is 44.9 Å². The van der Waals surface area contributed by atoms with Gasteiger partial charge in [-0.2, -0.15) is 0 Å². The minimum Gasteiger partial charge on any atom is -0.311 e. The molecule has 1 aliphatic heterocycles. The van der Waals surface area contributed by atoms with Crippen molar-refractivity contribution in [3.8, 4) is 12.3 Å². The van der Waals surface area contributed by atoms with Crippen LogP contribution in [-0.2, 0) is 0 Å². The molecule has 0 spiro atoms. The SMILES string of the molecule is C#CCN1CCC(NC(CCC)CCCC)CC1. The summed E-state index contributed by atoms with van der Waals surface area (Å²) in [6, 6.07) is 1.45. The minimum atomic E-state index is 0.715. The van der Waals surface area contributed by atoms with Crippen LogP contribution < -0.4 is 5.32 Å². The van der Waals surface area contributed by atoms with E-state index in [2.05, 4.69) is 30.0 Å². The zero-order valence-electron chi connectivity index (χ0n) is 12.3. The molecule has 1 aliphatic rings. The Labute approximate surface area is 114 Å². The van der Waals surface area contributed by atoms with Crippen LogP contribution in [0.5, 0.6) is 0 Å². The van der Waals surface area contributed by atoms with Crippen LogP contribution in [-0.4, -0.2) is 36.6 Å². The summed E-state index contributed by atoms with van der Waals surface area (Å²) in [7, 11) is 0. The number of terminal acetylenes is 1. The van der Waals surface area contributed by atoms with Crippen LogP contribution in [0.15, 0.2) is 0 Å². The summed E-state index contributed by atoms with van der Waals surface area (Å²) in [5.74, 6) is 2.75. The number of nitrogens with zero attached hydrogens (tertiary/aromatic N) is 1. The number of hydrogen-bond acceptors (Lipinski definition) is 2. The van der Waals surface area contributed by atoms with Gasteiger partial charge in [-0.05, 0) is 25.7 Å². The van der Waals surface area contributed by atoms with Crippen LogP contribution in [0.3, 0.4) is 0 Å². The Morgan fingerprint density at radius 1 is 1.22 bits per heavy atom. The van der Waals surface area contributed by atoms with E-state index in [9.17, 15) is 0 Å². The van der Waals surface area contributed by atoms with Crippen LogP contribution in [0.25, 0.3) is 0 Å². The number of nitrogens with one attached hydrogen (secondary N) is 1. The number of unbranched alkanes of at least 4 members (excludes halogenated alkanes) is 1. The van der Waals surface area contributed by atoms with Crippen molar-refractivity contribution < 1.29 is 0 Å². The molecule has 1 heterocycles. The topological polar surface area (TPSA) is 15.3 Å². The quantitative estimate of drug-likeness (QED) is 0.666. The van der Waals surface area contributed by atoms with Gasteiger partial charge in [0.05, 0.1) is 6.54 Å². The lowest BCUT2D eigenvalue weighted by Crippen LogP contribution is -2.46. The predicted molar refractivity (Wildman–Crippen MR) is 79.7 cm³/mol. The summed E-state index contributed by atoms with van der Waals surface area (Å²) in [4.78, 5) is 2.39. The smallest absolute Gasteiger partial charge is 0.0598 e. The summed E-state index contributed by atoms with van der Waals surface area (Å²) < 4.78 is 0. The van der Waals surface area contributed by atoms with E-state index in [-0.39, 0.29) is 0 Å². The van der Waals surface area contributed by atoms with Crippen LogP contribution in [0.1, 0.15) is 58.8 Å². The van der Waals surface area contributed by atoms with Gasteiger partial charge in [0, 0.05) is 25.2 Å². The van der Waals surface area contributed by atoms with Crippen LogP contribution in [0.4, 0.5) is 0 Å². The molecule has 0 aromatic heterocycles. The number of likely N-dealkylation sites (tertiary alicyclic amines) is 1. The zero-order valence-corrected chi connectivity index (χ0v) is 12.3. The van der Waals surface area contributed by atoms with Gasteiger partial charge >= 0.3 is 0 Å². The van der Waals surface area contributed by atoms with Gasteiger partial charge in [0.15, 0.2) is 0 Å². The first-order valence-electron chi connectivity index (χ1n) is 7.72. The first kappa shape index (κ1) is 15.5. The Morgan fingerprint density at radius 2 is 1.94 bits per heavy atom. The normalized spacial score (nSPS) is 19.6. The fraction of sp³-hybridized carbons (Fsp3) is 0.875. The fourth-order valence-corrected chi connectivity index (χ4v) is 2.83. The van der Waals surface area contributed by atoms with E-state index < -0.39 is 0 Å². The van der Waals surface area contributed by atoms with Gasteiger partial charge in [-0.25, -0.2) is 0 Å². The molecule has 0 radical (unpaired) electrons. The molecule has 1 rings (SSSR count). The highest BCUT2D eigenvalue weighted by Gasteiger charge is 2.20. The van der Waals surface area contributed by atoms with Gasteiger partial charge in [-0.15, -0.1) is 6.42 Å². The molecule has 2 heteroatoms. The minimum absolute atomic E-state index is 0.715. The average molecular weight is 250 g/mol. The van der Waals surface area contributed by atoms with Crippen LogP contribution >= 0.6 is 0 Å². The first-order chi connectivity index (χ1) is 8.80. The third-order valence-corrected chi connectivity index (χ3v) is 3.92. The molecule has 1 fully saturated rings. The van der Waals surface area contributed by atoms with E-state index in [0.717, 1.165) is 25.7 Å². The van der Waals surface area contributed by atoms with Gasteiger partial charge in [0.2, 0.25) is 0 Å². The maximum atomic E-state index is 5.36. The lowest BCUT2D eigenvalue weighted by molar-refractivity contribution is 0.205. The average Bonchev–Trinajstić information content (AvgIpc) is 2.39. The zero-order chi connectivity index (χ0) is 13.2. The lowest BCUT2D eigenvalue weighted by atomic mass is 9.99. The predicted octanol–water partition coefficient (Wildman–Crippen LogP) is 3.03. The molecule has 0 aromatic carbocycles. The highest BCUT2D eigenvalue weighted by Crippen LogP contribution is 2.14. The molecular formula is C16H30N2. The summed E-state index contributed by atoms with van der Waals surface area (Å²) in [5.41, 5.74) is 0. The van der Waals surface area contributed by atoms with E-state index in [0.29, 0.717) is 6.04 Å².